The standard InChI is InChI=1S/C14H24N4/c1-11-8-14(16-9-13(11)15)17-12(2)10-18-6-4-3-5-7-18/h8-9,12H,3-7,10,15H2,1-2H3,(H,16,17). The molecule has 0 saturated carbocycles. The van der Waals surface area contributed by atoms with Crippen LogP contribution in [-0.2, 0) is 0 Å². The van der Waals surface area contributed by atoms with Gasteiger partial charge in [0.2, 0.25) is 0 Å². The largest absolute Gasteiger partial charge is 0.397 e. The minimum atomic E-state index is 0.415. The number of nitrogens with zero attached hydrogens (tertiary/aromatic N) is 2. The van der Waals surface area contributed by atoms with Gasteiger partial charge in [-0.2, -0.15) is 0 Å². The summed E-state index contributed by atoms with van der Waals surface area (Å²) in [5.41, 5.74) is 7.61. The number of nitrogen functional groups attached to an aromatic ring is 1. The molecule has 4 nitrogen and oxygen atoms in total. The molecule has 1 aliphatic rings. The van der Waals surface area contributed by atoms with Gasteiger partial charge in [0.1, 0.15) is 5.82 Å². The van der Waals surface area contributed by atoms with Gasteiger partial charge in [-0.05, 0) is 51.4 Å². The Balaban J connectivity index is 1.85. The summed E-state index contributed by atoms with van der Waals surface area (Å²) in [6.07, 6.45) is 5.79. The lowest BCUT2D eigenvalue weighted by Gasteiger charge is -2.29. The van der Waals surface area contributed by atoms with Crippen molar-refractivity contribution < 1.29 is 0 Å². The highest BCUT2D eigenvalue weighted by Gasteiger charge is 2.13. The molecule has 0 spiro atoms. The van der Waals surface area contributed by atoms with Crippen molar-refractivity contribution in [2.24, 2.45) is 0 Å². The van der Waals surface area contributed by atoms with Crippen LogP contribution in [0.15, 0.2) is 12.3 Å². The van der Waals surface area contributed by atoms with Gasteiger partial charge >= 0.3 is 0 Å². The van der Waals surface area contributed by atoms with E-state index in [1.54, 1.807) is 6.20 Å². The first-order chi connectivity index (χ1) is 8.65. The van der Waals surface area contributed by atoms with Gasteiger partial charge in [0, 0.05) is 12.6 Å². The topological polar surface area (TPSA) is 54.2 Å². The maximum Gasteiger partial charge on any atom is 0.126 e. The highest BCUT2D eigenvalue weighted by molar-refractivity contribution is 5.51. The molecular formula is C14H24N4. The molecule has 2 heterocycles. The third-order valence-corrected chi connectivity index (χ3v) is 3.53. The highest BCUT2D eigenvalue weighted by Crippen LogP contribution is 2.15. The Morgan fingerprint density at radius 1 is 1.39 bits per heavy atom. The summed E-state index contributed by atoms with van der Waals surface area (Å²) in [6.45, 7) is 7.78. The SMILES string of the molecule is Cc1cc(NC(C)CN2CCCCC2)ncc1N. The van der Waals surface area contributed by atoms with E-state index in [1.165, 1.54) is 32.4 Å². The van der Waals surface area contributed by atoms with Crippen molar-refractivity contribution in [2.75, 3.05) is 30.7 Å². The predicted molar refractivity (Wildman–Crippen MR) is 76.8 cm³/mol. The number of nitrogens with one attached hydrogen (secondary N) is 1. The minimum Gasteiger partial charge on any atom is -0.397 e. The lowest BCUT2D eigenvalue weighted by molar-refractivity contribution is 0.223. The number of likely N-dealkylation sites (tertiary alicyclic amines) is 1. The van der Waals surface area contributed by atoms with Crippen molar-refractivity contribution in [3.05, 3.63) is 17.8 Å². The zero-order chi connectivity index (χ0) is 13.0. The molecule has 0 aliphatic carbocycles. The molecule has 3 N–H and O–H groups in total. The molecule has 1 unspecified atom stereocenters. The zero-order valence-electron chi connectivity index (χ0n) is 11.4. The second-order valence-corrected chi connectivity index (χ2v) is 5.33. The number of anilines is 2. The van der Waals surface area contributed by atoms with E-state index in [0.717, 1.165) is 23.6 Å². The smallest absolute Gasteiger partial charge is 0.126 e. The molecule has 2 rings (SSSR count). The number of nitrogens with two attached hydrogens (primary N) is 1. The van der Waals surface area contributed by atoms with Gasteiger partial charge in [0.15, 0.2) is 0 Å². The molecule has 0 bridgehead atoms. The van der Waals surface area contributed by atoms with Crippen LogP contribution in [0.3, 0.4) is 0 Å². The van der Waals surface area contributed by atoms with Gasteiger partial charge in [-0.1, -0.05) is 6.42 Å². The van der Waals surface area contributed by atoms with Crippen molar-refractivity contribution in [2.45, 2.75) is 39.2 Å². The number of hydrogen-bond donors (Lipinski definition) is 2. The lowest BCUT2D eigenvalue weighted by atomic mass is 10.1. The molecule has 18 heavy (non-hydrogen) atoms. The minimum absolute atomic E-state index is 0.415. The summed E-state index contributed by atoms with van der Waals surface area (Å²) >= 11 is 0. The maximum atomic E-state index is 5.77. The molecular weight excluding hydrogens is 224 g/mol. The fraction of sp³-hybridized carbons (Fsp3) is 0.643. The Morgan fingerprint density at radius 3 is 2.78 bits per heavy atom. The number of piperidine rings is 1. The summed E-state index contributed by atoms with van der Waals surface area (Å²) in [6, 6.07) is 2.43. The first-order valence-electron chi connectivity index (χ1n) is 6.86. The molecule has 0 radical (unpaired) electrons. The van der Waals surface area contributed by atoms with Crippen molar-refractivity contribution >= 4 is 11.5 Å². The van der Waals surface area contributed by atoms with Crippen LogP contribution in [-0.4, -0.2) is 35.6 Å². The molecule has 1 saturated heterocycles. The third kappa shape index (κ3) is 3.60. The molecule has 1 aliphatic heterocycles. The normalized spacial score (nSPS) is 18.6. The monoisotopic (exact) mass is 248 g/mol. The van der Waals surface area contributed by atoms with Crippen LogP contribution in [0.2, 0.25) is 0 Å². The van der Waals surface area contributed by atoms with E-state index < -0.39 is 0 Å². The van der Waals surface area contributed by atoms with Gasteiger partial charge in [-0.3, -0.25) is 0 Å². The van der Waals surface area contributed by atoms with Gasteiger partial charge in [0.25, 0.3) is 0 Å². The molecule has 0 aromatic carbocycles. The number of pyridine rings is 1. The first kappa shape index (κ1) is 13.1. The molecule has 0 amide bonds. The summed E-state index contributed by atoms with van der Waals surface area (Å²) < 4.78 is 0. The van der Waals surface area contributed by atoms with Crippen molar-refractivity contribution in [3.63, 3.8) is 0 Å². The fourth-order valence-corrected chi connectivity index (χ4v) is 2.47. The molecule has 1 aromatic heterocycles. The number of aromatic nitrogens is 1. The number of hydrogen-bond acceptors (Lipinski definition) is 4. The van der Waals surface area contributed by atoms with Crippen LogP contribution in [0.4, 0.5) is 11.5 Å². The van der Waals surface area contributed by atoms with E-state index >= 15 is 0 Å². The van der Waals surface area contributed by atoms with Crippen LogP contribution < -0.4 is 11.1 Å². The molecule has 1 atom stereocenters. The van der Waals surface area contributed by atoms with Crippen LogP contribution in [0.25, 0.3) is 0 Å². The Morgan fingerprint density at radius 2 is 2.11 bits per heavy atom. The van der Waals surface area contributed by atoms with Gasteiger partial charge < -0.3 is 16.0 Å². The quantitative estimate of drug-likeness (QED) is 0.858. The summed E-state index contributed by atoms with van der Waals surface area (Å²) in [7, 11) is 0. The highest BCUT2D eigenvalue weighted by atomic mass is 15.2. The van der Waals surface area contributed by atoms with Crippen LogP contribution >= 0.6 is 0 Å². The second-order valence-electron chi connectivity index (χ2n) is 5.33. The summed E-state index contributed by atoms with van der Waals surface area (Å²) in [4.78, 5) is 6.85. The first-order valence-corrected chi connectivity index (χ1v) is 6.86. The van der Waals surface area contributed by atoms with Crippen LogP contribution in [0, 0.1) is 6.92 Å². The van der Waals surface area contributed by atoms with Gasteiger partial charge in [-0.15, -0.1) is 0 Å². The summed E-state index contributed by atoms with van der Waals surface area (Å²) in [5, 5.41) is 3.45. The fourth-order valence-electron chi connectivity index (χ4n) is 2.47. The number of aryl methyl sites for hydroxylation is 1. The average Bonchev–Trinajstić information content (AvgIpc) is 2.35. The predicted octanol–water partition coefficient (Wildman–Crippen LogP) is 2.26. The van der Waals surface area contributed by atoms with Crippen LogP contribution in [0.5, 0.6) is 0 Å². The van der Waals surface area contributed by atoms with E-state index in [2.05, 4.69) is 22.1 Å². The van der Waals surface area contributed by atoms with Crippen molar-refractivity contribution in [1.29, 1.82) is 0 Å². The Hall–Kier alpha value is -1.29. The average molecular weight is 248 g/mol. The zero-order valence-corrected chi connectivity index (χ0v) is 11.4. The lowest BCUT2D eigenvalue weighted by Crippen LogP contribution is -2.38. The Bertz CT molecular complexity index is 385. The molecule has 100 valence electrons. The van der Waals surface area contributed by atoms with Gasteiger partial charge in [0.05, 0.1) is 11.9 Å². The number of rotatable bonds is 4. The third-order valence-electron chi connectivity index (χ3n) is 3.53. The molecule has 1 aromatic rings. The van der Waals surface area contributed by atoms with E-state index in [9.17, 15) is 0 Å². The van der Waals surface area contributed by atoms with E-state index in [0.29, 0.717) is 6.04 Å². The second kappa shape index (κ2) is 6.05. The van der Waals surface area contributed by atoms with Crippen molar-refractivity contribution in [1.82, 2.24) is 9.88 Å². The van der Waals surface area contributed by atoms with E-state index in [1.807, 2.05) is 13.0 Å². The van der Waals surface area contributed by atoms with Crippen molar-refractivity contribution in [3.8, 4) is 0 Å². The molecule has 4 heteroatoms. The maximum absolute atomic E-state index is 5.77. The Kier molecular flexibility index (Phi) is 4.42. The molecule has 1 fully saturated rings. The summed E-state index contributed by atoms with van der Waals surface area (Å²) in [5.74, 6) is 0.922. The van der Waals surface area contributed by atoms with Crippen LogP contribution in [0.1, 0.15) is 31.7 Å². The Labute approximate surface area is 110 Å². The van der Waals surface area contributed by atoms with Gasteiger partial charge in [-0.25, -0.2) is 4.98 Å². The van der Waals surface area contributed by atoms with E-state index in [4.69, 9.17) is 5.73 Å². The van der Waals surface area contributed by atoms with E-state index in [-0.39, 0.29) is 0 Å².